The number of benzene rings is 1. The van der Waals surface area contributed by atoms with E-state index in [1.54, 1.807) is 12.1 Å². The largest absolute Gasteiger partial charge is 0.490 e. The molecule has 0 amide bonds. The van der Waals surface area contributed by atoms with Gasteiger partial charge in [-0.2, -0.15) is 5.26 Å². The summed E-state index contributed by atoms with van der Waals surface area (Å²) in [5.41, 5.74) is 0.581. The minimum atomic E-state index is -0.277. The topological polar surface area (TPSA) is 36.3 Å². The molecule has 0 saturated carbocycles. The third-order valence-corrected chi connectivity index (χ3v) is 3.50. The Labute approximate surface area is 113 Å². The first-order valence-electron chi connectivity index (χ1n) is 6.69. The summed E-state index contributed by atoms with van der Waals surface area (Å²) in [5, 5.41) is 8.51. The zero-order valence-electron chi connectivity index (χ0n) is 11.2. The summed E-state index contributed by atoms with van der Waals surface area (Å²) in [6, 6.07) is 6.98. The smallest absolute Gasteiger partial charge is 0.130 e. The molecule has 3 nitrogen and oxygen atoms in total. The lowest BCUT2D eigenvalue weighted by Gasteiger charge is -2.29. The zero-order chi connectivity index (χ0) is 13.7. The molecule has 1 heterocycles. The molecule has 0 bridgehead atoms. The Hall–Kier alpha value is -1.60. The van der Waals surface area contributed by atoms with Crippen LogP contribution in [0.3, 0.4) is 0 Å². The van der Waals surface area contributed by atoms with E-state index in [0.717, 1.165) is 25.9 Å². The van der Waals surface area contributed by atoms with Crippen LogP contribution in [-0.2, 0) is 6.42 Å². The molecule has 0 radical (unpaired) electrons. The molecule has 1 aromatic rings. The molecule has 19 heavy (non-hydrogen) atoms. The van der Waals surface area contributed by atoms with Crippen molar-refractivity contribution in [2.75, 3.05) is 20.1 Å². The Bertz CT molecular complexity index is 462. The summed E-state index contributed by atoms with van der Waals surface area (Å²) in [6.07, 6.45) is 2.94. The van der Waals surface area contributed by atoms with E-state index < -0.39 is 0 Å². The van der Waals surface area contributed by atoms with Gasteiger partial charge in [0, 0.05) is 25.6 Å². The van der Waals surface area contributed by atoms with Crippen molar-refractivity contribution in [1.29, 1.82) is 5.26 Å². The lowest BCUT2D eigenvalue weighted by molar-refractivity contribution is 0.114. The van der Waals surface area contributed by atoms with Crippen LogP contribution >= 0.6 is 0 Å². The van der Waals surface area contributed by atoms with Crippen molar-refractivity contribution in [3.63, 3.8) is 0 Å². The third kappa shape index (κ3) is 3.93. The second kappa shape index (κ2) is 6.53. The highest BCUT2D eigenvalue weighted by atomic mass is 19.1. The van der Waals surface area contributed by atoms with E-state index in [4.69, 9.17) is 10.00 Å². The second-order valence-electron chi connectivity index (χ2n) is 5.03. The molecule has 1 aliphatic heterocycles. The number of ether oxygens (including phenoxy) is 1. The van der Waals surface area contributed by atoms with E-state index in [1.807, 2.05) is 6.07 Å². The maximum Gasteiger partial charge on any atom is 0.130 e. The minimum Gasteiger partial charge on any atom is -0.490 e. The van der Waals surface area contributed by atoms with Gasteiger partial charge in [-0.1, -0.05) is 6.07 Å². The van der Waals surface area contributed by atoms with Gasteiger partial charge >= 0.3 is 0 Å². The lowest BCUT2D eigenvalue weighted by atomic mass is 10.1. The van der Waals surface area contributed by atoms with Crippen molar-refractivity contribution in [1.82, 2.24) is 4.90 Å². The number of piperidine rings is 1. The molecule has 0 spiro atoms. The summed E-state index contributed by atoms with van der Waals surface area (Å²) in [6.45, 7) is 2.04. The number of nitriles is 1. The molecule has 2 rings (SSSR count). The highest BCUT2D eigenvalue weighted by Gasteiger charge is 2.18. The van der Waals surface area contributed by atoms with Crippen LogP contribution in [0, 0.1) is 17.1 Å². The van der Waals surface area contributed by atoms with E-state index in [9.17, 15) is 4.39 Å². The van der Waals surface area contributed by atoms with Crippen molar-refractivity contribution in [2.45, 2.75) is 31.8 Å². The van der Waals surface area contributed by atoms with Crippen molar-refractivity contribution in [3.05, 3.63) is 29.6 Å². The second-order valence-corrected chi connectivity index (χ2v) is 5.03. The number of nitrogens with zero attached hydrogens (tertiary/aromatic N) is 2. The SMILES string of the molecule is CN1CCC(Oc2ccc(CCC#N)c(F)c2)CC1. The number of hydrogen-bond acceptors (Lipinski definition) is 3. The average molecular weight is 262 g/mol. The van der Waals surface area contributed by atoms with Gasteiger partial charge in [0.05, 0.1) is 6.07 Å². The first kappa shape index (κ1) is 13.8. The number of hydrogen-bond donors (Lipinski definition) is 0. The molecule has 0 atom stereocenters. The predicted octanol–water partition coefficient (Wildman–Crippen LogP) is 2.75. The summed E-state index contributed by atoms with van der Waals surface area (Å²) in [4.78, 5) is 2.27. The van der Waals surface area contributed by atoms with Gasteiger partial charge in [-0.05, 0) is 37.9 Å². The summed E-state index contributed by atoms with van der Waals surface area (Å²) in [7, 11) is 2.10. The van der Waals surface area contributed by atoms with E-state index in [0.29, 0.717) is 24.2 Å². The van der Waals surface area contributed by atoms with Crippen LogP contribution in [-0.4, -0.2) is 31.1 Å². The van der Waals surface area contributed by atoms with Gasteiger partial charge in [-0.3, -0.25) is 0 Å². The Morgan fingerprint density at radius 3 is 2.79 bits per heavy atom. The Morgan fingerprint density at radius 2 is 2.16 bits per heavy atom. The number of rotatable bonds is 4. The van der Waals surface area contributed by atoms with Gasteiger partial charge in [0.2, 0.25) is 0 Å². The van der Waals surface area contributed by atoms with Crippen LogP contribution in [0.4, 0.5) is 4.39 Å². The molecule has 1 aliphatic rings. The van der Waals surface area contributed by atoms with Crippen LogP contribution in [0.1, 0.15) is 24.8 Å². The van der Waals surface area contributed by atoms with Crippen molar-refractivity contribution in [3.8, 4) is 11.8 Å². The van der Waals surface area contributed by atoms with Crippen LogP contribution in [0.2, 0.25) is 0 Å². The molecule has 1 fully saturated rings. The van der Waals surface area contributed by atoms with Crippen molar-refractivity contribution in [2.24, 2.45) is 0 Å². The van der Waals surface area contributed by atoms with Gasteiger partial charge in [0.1, 0.15) is 17.7 Å². The first-order chi connectivity index (χ1) is 9.19. The van der Waals surface area contributed by atoms with Gasteiger partial charge < -0.3 is 9.64 Å². The highest BCUT2D eigenvalue weighted by Crippen LogP contribution is 2.22. The lowest BCUT2D eigenvalue weighted by Crippen LogP contribution is -2.35. The molecule has 0 aromatic heterocycles. The minimum absolute atomic E-state index is 0.181. The zero-order valence-corrected chi connectivity index (χ0v) is 11.2. The van der Waals surface area contributed by atoms with Crippen LogP contribution in [0.15, 0.2) is 18.2 Å². The molecule has 1 aromatic carbocycles. The van der Waals surface area contributed by atoms with E-state index in [-0.39, 0.29) is 11.9 Å². The van der Waals surface area contributed by atoms with Crippen molar-refractivity contribution >= 4 is 0 Å². The van der Waals surface area contributed by atoms with Crippen LogP contribution in [0.25, 0.3) is 0 Å². The average Bonchev–Trinajstić information content (AvgIpc) is 2.41. The number of aryl methyl sites for hydroxylation is 1. The fourth-order valence-corrected chi connectivity index (χ4v) is 2.29. The highest BCUT2D eigenvalue weighted by molar-refractivity contribution is 5.29. The number of likely N-dealkylation sites (tertiary alicyclic amines) is 1. The summed E-state index contributed by atoms with van der Waals surface area (Å²) >= 11 is 0. The Morgan fingerprint density at radius 1 is 1.42 bits per heavy atom. The molecule has 0 unspecified atom stereocenters. The fraction of sp³-hybridized carbons (Fsp3) is 0.533. The van der Waals surface area contributed by atoms with Gasteiger partial charge in [0.15, 0.2) is 0 Å². The third-order valence-electron chi connectivity index (χ3n) is 3.50. The van der Waals surface area contributed by atoms with E-state index in [1.165, 1.54) is 6.07 Å². The molecular formula is C15H19FN2O. The molecule has 102 valence electrons. The maximum atomic E-state index is 13.8. The van der Waals surface area contributed by atoms with Gasteiger partial charge in [-0.25, -0.2) is 4.39 Å². The van der Waals surface area contributed by atoms with Gasteiger partial charge in [0.25, 0.3) is 0 Å². The normalized spacial score (nSPS) is 17.1. The Kier molecular flexibility index (Phi) is 4.75. The van der Waals surface area contributed by atoms with Crippen molar-refractivity contribution < 1.29 is 9.13 Å². The molecular weight excluding hydrogens is 243 g/mol. The summed E-state index contributed by atoms with van der Waals surface area (Å²) in [5.74, 6) is 0.313. The van der Waals surface area contributed by atoms with Crippen LogP contribution < -0.4 is 4.74 Å². The van der Waals surface area contributed by atoms with E-state index in [2.05, 4.69) is 11.9 Å². The first-order valence-corrected chi connectivity index (χ1v) is 6.69. The monoisotopic (exact) mass is 262 g/mol. The van der Waals surface area contributed by atoms with Crippen LogP contribution in [0.5, 0.6) is 5.75 Å². The maximum absolute atomic E-state index is 13.8. The number of halogens is 1. The molecule has 4 heteroatoms. The molecule has 0 aliphatic carbocycles. The Balaban J connectivity index is 1.94. The summed E-state index contributed by atoms with van der Waals surface area (Å²) < 4.78 is 19.6. The van der Waals surface area contributed by atoms with Gasteiger partial charge in [-0.15, -0.1) is 0 Å². The molecule has 1 saturated heterocycles. The standard InChI is InChI=1S/C15H19FN2O/c1-18-9-6-13(7-10-18)19-14-5-4-12(3-2-8-17)15(16)11-14/h4-5,11,13H,2-3,6-7,9-10H2,1H3. The predicted molar refractivity (Wildman–Crippen MR) is 71.5 cm³/mol. The molecule has 0 N–H and O–H groups in total. The quantitative estimate of drug-likeness (QED) is 0.837. The van der Waals surface area contributed by atoms with E-state index >= 15 is 0 Å². The fourth-order valence-electron chi connectivity index (χ4n) is 2.29.